The highest BCUT2D eigenvalue weighted by molar-refractivity contribution is 5.94. The molecule has 0 saturated heterocycles. The molecule has 2 rings (SSSR count). The van der Waals surface area contributed by atoms with Crippen molar-refractivity contribution in [3.05, 3.63) is 54.1 Å². The SMILES string of the molecule is CCc1ccc(NC(=O)C(CC)Oc2ccc(OC)cc2)cc1. The van der Waals surface area contributed by atoms with Gasteiger partial charge < -0.3 is 14.8 Å². The maximum atomic E-state index is 12.4. The van der Waals surface area contributed by atoms with Crippen molar-refractivity contribution in [3.8, 4) is 11.5 Å². The Morgan fingerprint density at radius 1 is 1.00 bits per heavy atom. The predicted octanol–water partition coefficient (Wildman–Crippen LogP) is 4.05. The molecule has 0 radical (unpaired) electrons. The molecule has 0 spiro atoms. The van der Waals surface area contributed by atoms with Crippen molar-refractivity contribution in [2.75, 3.05) is 12.4 Å². The van der Waals surface area contributed by atoms with Gasteiger partial charge in [0, 0.05) is 5.69 Å². The Hall–Kier alpha value is -2.49. The number of carbonyl (C=O) groups excluding carboxylic acids is 1. The summed E-state index contributed by atoms with van der Waals surface area (Å²) in [4.78, 5) is 12.4. The molecule has 1 atom stereocenters. The van der Waals surface area contributed by atoms with Gasteiger partial charge in [-0.2, -0.15) is 0 Å². The van der Waals surface area contributed by atoms with Crippen LogP contribution in [0.2, 0.25) is 0 Å². The van der Waals surface area contributed by atoms with Crippen LogP contribution < -0.4 is 14.8 Å². The van der Waals surface area contributed by atoms with E-state index in [-0.39, 0.29) is 5.91 Å². The number of hydrogen-bond donors (Lipinski definition) is 1. The zero-order chi connectivity index (χ0) is 16.7. The van der Waals surface area contributed by atoms with Gasteiger partial charge in [-0.3, -0.25) is 4.79 Å². The van der Waals surface area contributed by atoms with E-state index in [4.69, 9.17) is 9.47 Å². The molecule has 0 aliphatic rings. The molecule has 1 N–H and O–H groups in total. The molecule has 1 amide bonds. The second kappa shape index (κ2) is 8.22. The van der Waals surface area contributed by atoms with Gasteiger partial charge in [0.2, 0.25) is 0 Å². The molecule has 0 saturated carbocycles. The third-order valence-electron chi connectivity index (χ3n) is 3.63. The summed E-state index contributed by atoms with van der Waals surface area (Å²) in [6.45, 7) is 4.03. The van der Waals surface area contributed by atoms with Crippen LogP contribution in [-0.4, -0.2) is 19.1 Å². The molecular weight excluding hydrogens is 290 g/mol. The number of carbonyl (C=O) groups is 1. The van der Waals surface area contributed by atoms with Crippen molar-refractivity contribution in [2.24, 2.45) is 0 Å². The Balaban J connectivity index is 1.99. The van der Waals surface area contributed by atoms with Gasteiger partial charge in [0.05, 0.1) is 7.11 Å². The fourth-order valence-corrected chi connectivity index (χ4v) is 2.19. The first-order chi connectivity index (χ1) is 11.2. The Bertz CT molecular complexity index is 620. The summed E-state index contributed by atoms with van der Waals surface area (Å²) < 4.78 is 10.9. The van der Waals surface area contributed by atoms with Crippen LogP contribution in [0.15, 0.2) is 48.5 Å². The van der Waals surface area contributed by atoms with E-state index in [9.17, 15) is 4.79 Å². The van der Waals surface area contributed by atoms with E-state index in [0.717, 1.165) is 17.9 Å². The number of hydrogen-bond acceptors (Lipinski definition) is 3. The summed E-state index contributed by atoms with van der Waals surface area (Å²) in [6.07, 6.45) is 1.03. The van der Waals surface area contributed by atoms with Crippen LogP contribution in [0.1, 0.15) is 25.8 Å². The highest BCUT2D eigenvalue weighted by Crippen LogP contribution is 2.19. The summed E-state index contributed by atoms with van der Waals surface area (Å²) in [5.41, 5.74) is 2.02. The summed E-state index contributed by atoms with van der Waals surface area (Å²) >= 11 is 0. The Kier molecular flexibility index (Phi) is 6.03. The lowest BCUT2D eigenvalue weighted by Gasteiger charge is -2.17. The molecule has 0 fully saturated rings. The minimum Gasteiger partial charge on any atom is -0.497 e. The third kappa shape index (κ3) is 4.74. The average molecular weight is 313 g/mol. The molecule has 0 heterocycles. The van der Waals surface area contributed by atoms with Crippen molar-refractivity contribution < 1.29 is 14.3 Å². The van der Waals surface area contributed by atoms with Crippen LogP contribution in [0.5, 0.6) is 11.5 Å². The maximum absolute atomic E-state index is 12.4. The summed E-state index contributed by atoms with van der Waals surface area (Å²) in [5, 5.41) is 2.90. The van der Waals surface area contributed by atoms with Gasteiger partial charge in [-0.15, -0.1) is 0 Å². The zero-order valence-corrected chi connectivity index (χ0v) is 13.8. The standard InChI is InChI=1S/C19H23NO3/c1-4-14-6-8-15(9-7-14)20-19(21)18(5-2)23-17-12-10-16(22-3)11-13-17/h6-13,18H,4-5H2,1-3H3,(H,20,21). The molecule has 4 heteroatoms. The highest BCUT2D eigenvalue weighted by atomic mass is 16.5. The minimum atomic E-state index is -0.533. The molecule has 0 bridgehead atoms. The normalized spacial score (nSPS) is 11.6. The fourth-order valence-electron chi connectivity index (χ4n) is 2.19. The smallest absolute Gasteiger partial charge is 0.265 e. The van der Waals surface area contributed by atoms with E-state index in [1.165, 1.54) is 5.56 Å². The molecule has 23 heavy (non-hydrogen) atoms. The van der Waals surface area contributed by atoms with E-state index in [0.29, 0.717) is 12.2 Å². The largest absolute Gasteiger partial charge is 0.497 e. The van der Waals surface area contributed by atoms with Gasteiger partial charge in [0.25, 0.3) is 5.91 Å². The fraction of sp³-hybridized carbons (Fsp3) is 0.316. The molecule has 122 valence electrons. The predicted molar refractivity (Wildman–Crippen MR) is 92.2 cm³/mol. The van der Waals surface area contributed by atoms with Crippen LogP contribution in [0.3, 0.4) is 0 Å². The molecule has 1 unspecified atom stereocenters. The first kappa shape index (κ1) is 16.9. The van der Waals surface area contributed by atoms with Crippen LogP contribution in [0.4, 0.5) is 5.69 Å². The number of methoxy groups -OCH3 is 1. The number of ether oxygens (including phenoxy) is 2. The highest BCUT2D eigenvalue weighted by Gasteiger charge is 2.18. The molecule has 2 aromatic carbocycles. The topological polar surface area (TPSA) is 47.6 Å². The van der Waals surface area contributed by atoms with Gasteiger partial charge in [0.15, 0.2) is 6.10 Å². The Morgan fingerprint density at radius 3 is 2.13 bits per heavy atom. The molecule has 0 aliphatic heterocycles. The van der Waals surface area contributed by atoms with Crippen molar-refractivity contribution in [1.82, 2.24) is 0 Å². The minimum absolute atomic E-state index is 0.146. The number of aryl methyl sites for hydroxylation is 1. The van der Waals surface area contributed by atoms with Gasteiger partial charge in [-0.1, -0.05) is 26.0 Å². The van der Waals surface area contributed by atoms with E-state index in [1.54, 1.807) is 19.2 Å². The monoisotopic (exact) mass is 313 g/mol. The molecule has 0 aliphatic carbocycles. The van der Waals surface area contributed by atoms with Crippen molar-refractivity contribution in [3.63, 3.8) is 0 Å². The van der Waals surface area contributed by atoms with E-state index in [2.05, 4.69) is 12.2 Å². The van der Waals surface area contributed by atoms with Crippen LogP contribution in [0, 0.1) is 0 Å². The van der Waals surface area contributed by atoms with Crippen molar-refractivity contribution >= 4 is 11.6 Å². The Morgan fingerprint density at radius 2 is 1.61 bits per heavy atom. The van der Waals surface area contributed by atoms with Gasteiger partial charge >= 0.3 is 0 Å². The van der Waals surface area contributed by atoms with Crippen molar-refractivity contribution in [2.45, 2.75) is 32.8 Å². The first-order valence-corrected chi connectivity index (χ1v) is 7.86. The molecule has 0 aromatic heterocycles. The number of amides is 1. The van der Waals surface area contributed by atoms with Crippen LogP contribution in [0.25, 0.3) is 0 Å². The van der Waals surface area contributed by atoms with Gasteiger partial charge in [-0.25, -0.2) is 0 Å². The first-order valence-electron chi connectivity index (χ1n) is 7.86. The Labute approximate surface area is 137 Å². The summed E-state index contributed by atoms with van der Waals surface area (Å²) in [7, 11) is 1.61. The lowest BCUT2D eigenvalue weighted by molar-refractivity contribution is -0.122. The lowest BCUT2D eigenvalue weighted by Crippen LogP contribution is -2.32. The average Bonchev–Trinajstić information content (AvgIpc) is 2.60. The number of anilines is 1. The van der Waals surface area contributed by atoms with E-state index < -0.39 is 6.10 Å². The van der Waals surface area contributed by atoms with Crippen LogP contribution >= 0.6 is 0 Å². The van der Waals surface area contributed by atoms with Crippen molar-refractivity contribution in [1.29, 1.82) is 0 Å². The van der Waals surface area contributed by atoms with Gasteiger partial charge in [0.1, 0.15) is 11.5 Å². The summed E-state index contributed by atoms with van der Waals surface area (Å²) in [6, 6.07) is 15.1. The van der Waals surface area contributed by atoms with E-state index in [1.807, 2.05) is 43.3 Å². The molecule has 4 nitrogen and oxygen atoms in total. The van der Waals surface area contributed by atoms with Gasteiger partial charge in [-0.05, 0) is 54.8 Å². The van der Waals surface area contributed by atoms with Crippen LogP contribution in [-0.2, 0) is 11.2 Å². The number of rotatable bonds is 7. The second-order valence-corrected chi connectivity index (χ2v) is 5.23. The zero-order valence-electron chi connectivity index (χ0n) is 13.8. The second-order valence-electron chi connectivity index (χ2n) is 5.23. The number of benzene rings is 2. The third-order valence-corrected chi connectivity index (χ3v) is 3.63. The van der Waals surface area contributed by atoms with E-state index >= 15 is 0 Å². The quantitative estimate of drug-likeness (QED) is 0.838. The number of nitrogens with one attached hydrogen (secondary N) is 1. The molecule has 2 aromatic rings. The summed E-state index contributed by atoms with van der Waals surface area (Å²) in [5.74, 6) is 1.26. The molecular formula is C19H23NO3. The lowest BCUT2D eigenvalue weighted by atomic mass is 10.1. The maximum Gasteiger partial charge on any atom is 0.265 e.